The van der Waals surface area contributed by atoms with Crippen molar-refractivity contribution in [2.45, 2.75) is 51.4 Å². The summed E-state index contributed by atoms with van der Waals surface area (Å²) in [4.78, 5) is 2.30. The van der Waals surface area contributed by atoms with Gasteiger partial charge in [0.15, 0.2) is 0 Å². The molecule has 0 radical (unpaired) electrons. The molecule has 1 heterocycles. The van der Waals surface area contributed by atoms with Gasteiger partial charge in [0.2, 0.25) is 10.0 Å². The summed E-state index contributed by atoms with van der Waals surface area (Å²) >= 11 is 0. The van der Waals surface area contributed by atoms with Crippen LogP contribution in [0.4, 0.5) is 0 Å². The highest BCUT2D eigenvalue weighted by molar-refractivity contribution is 7.90. The molecule has 0 spiro atoms. The lowest BCUT2D eigenvalue weighted by Crippen LogP contribution is -2.41. The topological polar surface area (TPSA) is 49.4 Å². The summed E-state index contributed by atoms with van der Waals surface area (Å²) in [6.45, 7) is 9.51. The van der Waals surface area contributed by atoms with Gasteiger partial charge in [-0.15, -0.1) is 0 Å². The molecular weight excluding hydrogens is 212 g/mol. The normalized spacial score (nSPS) is 24.3. The van der Waals surface area contributed by atoms with Gasteiger partial charge in [0, 0.05) is 25.2 Å². The van der Waals surface area contributed by atoms with Crippen LogP contribution in [0.25, 0.3) is 0 Å². The fourth-order valence-corrected chi connectivity index (χ4v) is 2.65. The van der Waals surface area contributed by atoms with Crippen LogP contribution in [0.1, 0.15) is 34.1 Å². The van der Waals surface area contributed by atoms with Crippen LogP contribution >= 0.6 is 0 Å². The van der Waals surface area contributed by atoms with Crippen molar-refractivity contribution in [3.8, 4) is 0 Å². The number of rotatable bonds is 4. The van der Waals surface area contributed by atoms with Crippen molar-refractivity contribution >= 4 is 10.0 Å². The Kier molecular flexibility index (Phi) is 4.14. The lowest BCUT2D eigenvalue weighted by Gasteiger charge is -2.20. The molecule has 0 bridgehead atoms. The Morgan fingerprint density at radius 2 is 1.87 bits per heavy atom. The first-order valence-corrected chi connectivity index (χ1v) is 7.12. The molecule has 0 aromatic rings. The SMILES string of the molecule is CC(C)N1CC[C@@H](NS(=O)(=O)C(C)C)C1. The van der Waals surface area contributed by atoms with Gasteiger partial charge in [-0.2, -0.15) is 0 Å². The predicted molar refractivity (Wildman–Crippen MR) is 62.3 cm³/mol. The zero-order valence-electron chi connectivity index (χ0n) is 10.0. The summed E-state index contributed by atoms with van der Waals surface area (Å²) in [5, 5.41) is -0.342. The number of likely N-dealkylation sites (tertiary alicyclic amines) is 1. The summed E-state index contributed by atoms with van der Waals surface area (Å²) in [7, 11) is -3.11. The molecule has 0 amide bonds. The Morgan fingerprint density at radius 1 is 1.27 bits per heavy atom. The van der Waals surface area contributed by atoms with Crippen molar-refractivity contribution in [1.29, 1.82) is 0 Å². The highest BCUT2D eigenvalue weighted by atomic mass is 32.2. The Bertz CT molecular complexity index is 299. The molecule has 1 aliphatic rings. The largest absolute Gasteiger partial charge is 0.299 e. The van der Waals surface area contributed by atoms with Crippen LogP contribution in [0.5, 0.6) is 0 Å². The van der Waals surface area contributed by atoms with E-state index >= 15 is 0 Å². The number of sulfonamides is 1. The van der Waals surface area contributed by atoms with Crippen molar-refractivity contribution in [2.24, 2.45) is 0 Å². The van der Waals surface area contributed by atoms with E-state index in [2.05, 4.69) is 23.5 Å². The molecular formula is C10H22N2O2S. The molecule has 0 aromatic carbocycles. The van der Waals surface area contributed by atoms with Crippen LogP contribution in [0.15, 0.2) is 0 Å². The van der Waals surface area contributed by atoms with Gasteiger partial charge in [0.05, 0.1) is 5.25 Å². The van der Waals surface area contributed by atoms with E-state index in [1.54, 1.807) is 13.8 Å². The average molecular weight is 234 g/mol. The van der Waals surface area contributed by atoms with E-state index < -0.39 is 10.0 Å². The third-order valence-electron chi connectivity index (χ3n) is 2.90. The summed E-state index contributed by atoms with van der Waals surface area (Å²) in [6, 6.07) is 0.596. The zero-order valence-corrected chi connectivity index (χ0v) is 10.8. The van der Waals surface area contributed by atoms with E-state index in [-0.39, 0.29) is 11.3 Å². The minimum Gasteiger partial charge on any atom is -0.299 e. The smallest absolute Gasteiger partial charge is 0.214 e. The summed E-state index contributed by atoms with van der Waals surface area (Å²) in [6.07, 6.45) is 0.921. The predicted octanol–water partition coefficient (Wildman–Crippen LogP) is 0.797. The molecule has 5 heteroatoms. The number of nitrogens with zero attached hydrogens (tertiary/aromatic N) is 1. The molecule has 0 aliphatic carbocycles. The van der Waals surface area contributed by atoms with Crippen LogP contribution in [0.3, 0.4) is 0 Å². The van der Waals surface area contributed by atoms with Gasteiger partial charge in [-0.25, -0.2) is 13.1 Å². The van der Waals surface area contributed by atoms with E-state index in [1.165, 1.54) is 0 Å². The standard InChI is InChI=1S/C10H22N2O2S/c1-8(2)12-6-5-10(7-12)11-15(13,14)9(3)4/h8-11H,5-7H2,1-4H3/t10-/m1/s1. The van der Waals surface area contributed by atoms with Crippen LogP contribution in [0.2, 0.25) is 0 Å². The third-order valence-corrected chi connectivity index (χ3v) is 4.80. The Balaban J connectivity index is 2.50. The maximum absolute atomic E-state index is 11.6. The van der Waals surface area contributed by atoms with E-state index in [9.17, 15) is 8.42 Å². The number of hydrogen-bond acceptors (Lipinski definition) is 3. The quantitative estimate of drug-likeness (QED) is 0.782. The van der Waals surface area contributed by atoms with Gasteiger partial charge in [-0.05, 0) is 34.1 Å². The Labute approximate surface area is 93.1 Å². The minimum atomic E-state index is -3.11. The third kappa shape index (κ3) is 3.43. The molecule has 1 N–H and O–H groups in total. The molecule has 90 valence electrons. The molecule has 0 unspecified atom stereocenters. The second-order valence-electron chi connectivity index (χ2n) is 4.79. The number of nitrogens with one attached hydrogen (secondary N) is 1. The summed E-state index contributed by atoms with van der Waals surface area (Å²) < 4.78 is 26.0. The van der Waals surface area contributed by atoms with Crippen molar-refractivity contribution in [2.75, 3.05) is 13.1 Å². The molecule has 0 aromatic heterocycles. The lowest BCUT2D eigenvalue weighted by molar-refractivity contribution is 0.271. The molecule has 1 fully saturated rings. The molecule has 1 atom stereocenters. The summed E-state index contributed by atoms with van der Waals surface area (Å²) in [5.74, 6) is 0. The van der Waals surface area contributed by atoms with E-state index in [1.807, 2.05) is 0 Å². The maximum Gasteiger partial charge on any atom is 0.214 e. The van der Waals surface area contributed by atoms with Crippen LogP contribution < -0.4 is 4.72 Å². The van der Waals surface area contributed by atoms with Crippen molar-refractivity contribution < 1.29 is 8.42 Å². The fraction of sp³-hybridized carbons (Fsp3) is 1.00. The second kappa shape index (κ2) is 4.80. The van der Waals surface area contributed by atoms with Crippen LogP contribution in [-0.4, -0.2) is 43.7 Å². The van der Waals surface area contributed by atoms with E-state index in [4.69, 9.17) is 0 Å². The first-order chi connectivity index (χ1) is 6.83. The minimum absolute atomic E-state index is 0.0970. The van der Waals surface area contributed by atoms with E-state index in [0.29, 0.717) is 6.04 Å². The zero-order chi connectivity index (χ0) is 11.6. The first kappa shape index (κ1) is 12.9. The summed E-state index contributed by atoms with van der Waals surface area (Å²) in [5.41, 5.74) is 0. The van der Waals surface area contributed by atoms with Gasteiger partial charge >= 0.3 is 0 Å². The number of hydrogen-bond donors (Lipinski definition) is 1. The molecule has 1 rings (SSSR count). The van der Waals surface area contributed by atoms with Crippen molar-refractivity contribution in [1.82, 2.24) is 9.62 Å². The monoisotopic (exact) mass is 234 g/mol. The molecule has 4 nitrogen and oxygen atoms in total. The van der Waals surface area contributed by atoms with Crippen LogP contribution in [-0.2, 0) is 10.0 Å². The van der Waals surface area contributed by atoms with Crippen molar-refractivity contribution in [3.05, 3.63) is 0 Å². The fourth-order valence-electron chi connectivity index (χ4n) is 1.72. The van der Waals surface area contributed by atoms with Crippen molar-refractivity contribution in [3.63, 3.8) is 0 Å². The van der Waals surface area contributed by atoms with Gasteiger partial charge in [-0.1, -0.05) is 0 Å². The van der Waals surface area contributed by atoms with Gasteiger partial charge in [0.1, 0.15) is 0 Å². The second-order valence-corrected chi connectivity index (χ2v) is 7.05. The maximum atomic E-state index is 11.6. The molecule has 1 aliphatic heterocycles. The first-order valence-electron chi connectivity index (χ1n) is 5.58. The van der Waals surface area contributed by atoms with Gasteiger partial charge in [-0.3, -0.25) is 4.90 Å². The van der Waals surface area contributed by atoms with E-state index in [0.717, 1.165) is 19.5 Å². The molecule has 15 heavy (non-hydrogen) atoms. The van der Waals surface area contributed by atoms with Gasteiger partial charge in [0.25, 0.3) is 0 Å². The lowest BCUT2D eigenvalue weighted by atomic mass is 10.3. The highest BCUT2D eigenvalue weighted by Crippen LogP contribution is 2.13. The molecule has 1 saturated heterocycles. The average Bonchev–Trinajstić information content (AvgIpc) is 2.51. The van der Waals surface area contributed by atoms with Crippen LogP contribution in [0, 0.1) is 0 Å². The van der Waals surface area contributed by atoms with Gasteiger partial charge < -0.3 is 0 Å². The highest BCUT2D eigenvalue weighted by Gasteiger charge is 2.28. The molecule has 0 saturated carbocycles. The Morgan fingerprint density at radius 3 is 2.27 bits per heavy atom. The Hall–Kier alpha value is -0.130.